The van der Waals surface area contributed by atoms with Crippen molar-refractivity contribution in [1.82, 2.24) is 4.90 Å². The Morgan fingerprint density at radius 3 is 2.05 bits per heavy atom. The Balaban J connectivity index is 0.000000503. The van der Waals surface area contributed by atoms with Crippen LogP contribution in [0.3, 0.4) is 0 Å². The molecular formula is C34H57ClFNO2. The lowest BCUT2D eigenvalue weighted by Gasteiger charge is -2.24. The lowest BCUT2D eigenvalue weighted by molar-refractivity contribution is -0.122. The first-order valence-corrected chi connectivity index (χ1v) is 15.5. The number of hydrogen-bond acceptors (Lipinski definition) is 2. The molecule has 0 amide bonds. The molecule has 2 aliphatic carbocycles. The molecule has 0 bridgehead atoms. The van der Waals surface area contributed by atoms with Crippen LogP contribution in [0.25, 0.3) is 0 Å². The van der Waals surface area contributed by atoms with E-state index in [2.05, 4.69) is 51.7 Å². The highest BCUT2D eigenvalue weighted by molar-refractivity contribution is 6.22. The Bertz CT molecular complexity index is 822. The summed E-state index contributed by atoms with van der Waals surface area (Å²) in [4.78, 5) is 11.0. The summed E-state index contributed by atoms with van der Waals surface area (Å²) < 4.78 is 12.8. The van der Waals surface area contributed by atoms with Crippen LogP contribution in [-0.4, -0.2) is 41.5 Å². The largest absolute Gasteiger partial charge is 0.483 e. The van der Waals surface area contributed by atoms with Gasteiger partial charge in [-0.3, -0.25) is 4.79 Å². The maximum atomic E-state index is 12.8. The number of carboxylic acid groups (broad SMARTS) is 1. The minimum Gasteiger partial charge on any atom is -0.483 e. The van der Waals surface area contributed by atoms with Gasteiger partial charge in [0.25, 0.3) is 6.47 Å². The molecule has 39 heavy (non-hydrogen) atoms. The highest BCUT2D eigenvalue weighted by Crippen LogP contribution is 2.27. The van der Waals surface area contributed by atoms with Crippen molar-refractivity contribution in [1.29, 1.82) is 0 Å². The van der Waals surface area contributed by atoms with Crippen molar-refractivity contribution < 1.29 is 14.3 Å². The molecule has 0 spiro atoms. The van der Waals surface area contributed by atoms with Crippen molar-refractivity contribution in [3.63, 3.8) is 0 Å². The van der Waals surface area contributed by atoms with Crippen LogP contribution >= 0.6 is 11.6 Å². The number of benzene rings is 1. The maximum absolute atomic E-state index is 12.8. The molecule has 0 aromatic heterocycles. The number of halogens is 2. The molecule has 1 aliphatic heterocycles. The summed E-state index contributed by atoms with van der Waals surface area (Å²) in [6.07, 6.45) is 18.0. The second-order valence-corrected chi connectivity index (χ2v) is 12.2. The quantitative estimate of drug-likeness (QED) is 0.291. The van der Waals surface area contributed by atoms with Gasteiger partial charge >= 0.3 is 0 Å². The van der Waals surface area contributed by atoms with Crippen LogP contribution < -0.4 is 0 Å². The molecule has 3 aliphatic rings. The molecular weight excluding hydrogens is 509 g/mol. The van der Waals surface area contributed by atoms with E-state index >= 15 is 0 Å². The van der Waals surface area contributed by atoms with E-state index in [0.29, 0.717) is 0 Å². The van der Waals surface area contributed by atoms with Crippen molar-refractivity contribution in [3.05, 3.63) is 58.4 Å². The predicted octanol–water partition coefficient (Wildman–Crippen LogP) is 10.0. The van der Waals surface area contributed by atoms with Crippen LogP contribution in [0.1, 0.15) is 110 Å². The normalized spacial score (nSPS) is 19.0. The van der Waals surface area contributed by atoms with Crippen LogP contribution in [0.5, 0.6) is 0 Å². The lowest BCUT2D eigenvalue weighted by Crippen LogP contribution is -2.23. The third-order valence-electron chi connectivity index (χ3n) is 6.99. The number of nitrogens with zero attached hydrogens (tertiary/aromatic N) is 1. The Hall–Kier alpha value is -1.65. The maximum Gasteiger partial charge on any atom is 0.290 e. The summed E-state index contributed by atoms with van der Waals surface area (Å²) >= 11 is 5.95. The van der Waals surface area contributed by atoms with E-state index in [0.717, 1.165) is 35.8 Å². The summed E-state index contributed by atoms with van der Waals surface area (Å²) in [5.41, 5.74) is 4.58. The van der Waals surface area contributed by atoms with Gasteiger partial charge in [0.15, 0.2) is 0 Å². The van der Waals surface area contributed by atoms with Gasteiger partial charge < -0.3 is 10.0 Å². The third-order valence-corrected chi connectivity index (χ3v) is 7.48. The smallest absolute Gasteiger partial charge is 0.290 e. The summed E-state index contributed by atoms with van der Waals surface area (Å²) in [7, 11) is 0. The van der Waals surface area contributed by atoms with Gasteiger partial charge in [0.05, 0.1) is 5.38 Å². The van der Waals surface area contributed by atoms with Crippen molar-refractivity contribution in [3.8, 4) is 0 Å². The molecule has 1 atom stereocenters. The molecule has 224 valence electrons. The molecule has 0 radical (unpaired) electrons. The molecule has 2 fully saturated rings. The zero-order valence-electron chi connectivity index (χ0n) is 25.9. The van der Waals surface area contributed by atoms with Crippen LogP contribution in [0, 0.1) is 24.6 Å². The first-order chi connectivity index (χ1) is 18.5. The Labute approximate surface area is 244 Å². The van der Waals surface area contributed by atoms with Crippen LogP contribution in [0.15, 0.2) is 41.5 Å². The molecule has 1 aromatic carbocycles. The van der Waals surface area contributed by atoms with E-state index in [1.807, 2.05) is 19.9 Å². The van der Waals surface area contributed by atoms with Crippen LogP contribution in [0.4, 0.5) is 4.39 Å². The molecule has 5 heteroatoms. The molecule has 1 aromatic rings. The number of carbonyl (C=O) groups is 1. The fourth-order valence-electron chi connectivity index (χ4n) is 4.71. The summed E-state index contributed by atoms with van der Waals surface area (Å²) in [5.74, 6) is 1.82. The number of rotatable bonds is 4. The third kappa shape index (κ3) is 20.0. The average molecular weight is 566 g/mol. The average Bonchev–Trinajstić information content (AvgIpc) is 3.42. The fraction of sp³-hybridized carbons (Fsp3) is 0.676. The summed E-state index contributed by atoms with van der Waals surface area (Å²) in [6, 6.07) is 5.19. The van der Waals surface area contributed by atoms with Crippen molar-refractivity contribution in [2.45, 2.75) is 118 Å². The first kappa shape index (κ1) is 37.4. The predicted molar refractivity (Wildman–Crippen MR) is 168 cm³/mol. The van der Waals surface area contributed by atoms with Crippen molar-refractivity contribution in [2.24, 2.45) is 11.8 Å². The number of likely N-dealkylation sites (tertiary alicyclic amines) is 1. The fourth-order valence-corrected chi connectivity index (χ4v) is 5.03. The standard InChI is InChI=1S/C12H23N.C9H11F.C8H11Cl.C4H10.CH2O2/c1-2-6-12(7-3-1)8-11-13-9-4-5-10-13;1-3-8-6-7(2)4-5-9(8)10;1-6-3-4-7(2)8(9)5-6;1-4(2)3;2-1-3/h12H,1-11H2;4-6H,3H2,1-2H3;3-4,8H,5H2,1-2H3;4H,1-3H3;1H,(H,2,3). The second-order valence-electron chi connectivity index (χ2n) is 11.7. The molecule has 1 saturated heterocycles. The summed E-state index contributed by atoms with van der Waals surface area (Å²) in [5, 5.41) is 7.13. The van der Waals surface area contributed by atoms with Crippen molar-refractivity contribution in [2.75, 3.05) is 19.6 Å². The van der Waals surface area contributed by atoms with E-state index in [4.69, 9.17) is 21.5 Å². The molecule has 1 N–H and O–H groups in total. The molecule has 1 saturated carbocycles. The van der Waals surface area contributed by atoms with E-state index in [9.17, 15) is 4.39 Å². The number of aryl methyl sites for hydroxylation is 2. The van der Waals surface area contributed by atoms with Gasteiger partial charge in [0, 0.05) is 0 Å². The lowest BCUT2D eigenvalue weighted by atomic mass is 9.87. The molecule has 1 heterocycles. The van der Waals surface area contributed by atoms with Gasteiger partial charge in [-0.2, -0.15) is 0 Å². The van der Waals surface area contributed by atoms with E-state index in [1.54, 1.807) is 6.07 Å². The topological polar surface area (TPSA) is 40.5 Å². The van der Waals surface area contributed by atoms with E-state index < -0.39 is 0 Å². The molecule has 3 nitrogen and oxygen atoms in total. The van der Waals surface area contributed by atoms with E-state index in [-0.39, 0.29) is 17.7 Å². The first-order valence-electron chi connectivity index (χ1n) is 15.1. The minimum absolute atomic E-state index is 0.0897. The van der Waals surface area contributed by atoms with Crippen molar-refractivity contribution >= 4 is 18.1 Å². The summed E-state index contributed by atoms with van der Waals surface area (Å²) in [6.45, 7) is 18.5. The van der Waals surface area contributed by atoms with Gasteiger partial charge in [0.1, 0.15) is 5.82 Å². The zero-order chi connectivity index (χ0) is 29.6. The number of hydrogen-bond donors (Lipinski definition) is 1. The van der Waals surface area contributed by atoms with Gasteiger partial charge in [-0.1, -0.05) is 101 Å². The molecule has 4 rings (SSSR count). The van der Waals surface area contributed by atoms with Crippen LogP contribution in [0.2, 0.25) is 0 Å². The number of alkyl halides is 1. The zero-order valence-corrected chi connectivity index (χ0v) is 26.7. The van der Waals surface area contributed by atoms with Gasteiger partial charge in [0.2, 0.25) is 0 Å². The highest BCUT2D eigenvalue weighted by atomic mass is 35.5. The molecule has 1 unspecified atom stereocenters. The second kappa shape index (κ2) is 23.1. The minimum atomic E-state index is -0.250. The Morgan fingerprint density at radius 2 is 1.59 bits per heavy atom. The van der Waals surface area contributed by atoms with Gasteiger partial charge in [-0.05, 0) is 96.0 Å². The van der Waals surface area contributed by atoms with E-state index in [1.165, 1.54) is 88.2 Å². The number of allylic oxidation sites excluding steroid dienone is 4. The monoisotopic (exact) mass is 565 g/mol. The Morgan fingerprint density at radius 1 is 1.03 bits per heavy atom. The van der Waals surface area contributed by atoms with Crippen LogP contribution in [-0.2, 0) is 11.2 Å². The van der Waals surface area contributed by atoms with Gasteiger partial charge in [-0.15, -0.1) is 11.6 Å². The Kier molecular flexibility index (Phi) is 22.1. The highest BCUT2D eigenvalue weighted by Gasteiger charge is 2.16. The van der Waals surface area contributed by atoms with Gasteiger partial charge in [-0.25, -0.2) is 4.39 Å². The SMILES string of the molecule is C1CCC(CCN2CCCC2)CC1.CC(C)C.CC1=CC=C(C)C(Cl)C1.CCc1cc(C)ccc1F.O=CO.